The molecule has 1 amide bonds. The minimum absolute atomic E-state index is 0.196. The van der Waals surface area contributed by atoms with Crippen LogP contribution in [0.25, 0.3) is 0 Å². The van der Waals surface area contributed by atoms with E-state index in [1.165, 1.54) is 4.31 Å². The smallest absolute Gasteiger partial charge is 0.224 e. The van der Waals surface area contributed by atoms with Crippen molar-refractivity contribution in [2.45, 2.75) is 19.3 Å². The van der Waals surface area contributed by atoms with E-state index in [2.05, 4.69) is 5.32 Å². The van der Waals surface area contributed by atoms with Crippen molar-refractivity contribution in [2.75, 3.05) is 29.9 Å². The van der Waals surface area contributed by atoms with E-state index in [0.717, 1.165) is 0 Å². The maximum absolute atomic E-state index is 11.8. The lowest BCUT2D eigenvalue weighted by Crippen LogP contribution is -2.27. The largest absolute Gasteiger partial charge is 0.399 e. The van der Waals surface area contributed by atoms with Crippen LogP contribution in [0.15, 0.2) is 18.2 Å². The summed E-state index contributed by atoms with van der Waals surface area (Å²) in [6.07, 6.45) is 1.39. The van der Waals surface area contributed by atoms with Gasteiger partial charge in [0.25, 0.3) is 0 Å². The van der Waals surface area contributed by atoms with Gasteiger partial charge in [0.15, 0.2) is 0 Å². The summed E-state index contributed by atoms with van der Waals surface area (Å²) in [5, 5.41) is 3.07. The molecule has 0 unspecified atom stereocenters. The molecular formula is C13H18ClN3O3S. The summed E-state index contributed by atoms with van der Waals surface area (Å²) in [5.41, 5.74) is 6.60. The number of benzene rings is 1. The van der Waals surface area contributed by atoms with Crippen LogP contribution >= 0.6 is 11.6 Å². The number of hydrogen-bond acceptors (Lipinski definition) is 4. The summed E-state index contributed by atoms with van der Waals surface area (Å²) >= 11 is 5.97. The Kier molecular flexibility index (Phi) is 5.08. The number of sulfonamides is 1. The third-order valence-electron chi connectivity index (χ3n) is 3.28. The average Bonchev–Trinajstić information content (AvgIpc) is 2.72. The Morgan fingerprint density at radius 1 is 1.43 bits per heavy atom. The molecule has 1 aliphatic rings. The fourth-order valence-corrected chi connectivity index (χ4v) is 4.01. The standard InChI is InChI=1S/C13H18ClN3O3S/c14-11-9-10(15)4-5-12(11)16-13(18)3-1-6-17-7-2-8-21(17,19)20/h4-5,9H,1-3,6-8,15H2,(H,16,18). The van der Waals surface area contributed by atoms with Gasteiger partial charge < -0.3 is 11.1 Å². The molecule has 0 aliphatic carbocycles. The number of rotatable bonds is 5. The van der Waals surface area contributed by atoms with E-state index in [-0.39, 0.29) is 18.1 Å². The molecule has 0 radical (unpaired) electrons. The summed E-state index contributed by atoms with van der Waals surface area (Å²) in [7, 11) is -3.09. The van der Waals surface area contributed by atoms with E-state index in [1.54, 1.807) is 18.2 Å². The quantitative estimate of drug-likeness (QED) is 0.803. The van der Waals surface area contributed by atoms with Crippen molar-refractivity contribution in [3.05, 3.63) is 23.2 Å². The first-order valence-corrected chi connectivity index (χ1v) is 8.70. The number of nitrogens with one attached hydrogen (secondary N) is 1. The Bertz CT molecular complexity index is 634. The number of nitrogens with zero attached hydrogens (tertiary/aromatic N) is 1. The number of halogens is 1. The number of nitrogens with two attached hydrogens (primary N) is 1. The van der Waals surface area contributed by atoms with Crippen molar-refractivity contribution in [3.63, 3.8) is 0 Å². The summed E-state index contributed by atoms with van der Waals surface area (Å²) in [4.78, 5) is 11.8. The first kappa shape index (κ1) is 16.1. The van der Waals surface area contributed by atoms with Crippen molar-refractivity contribution >= 4 is 38.9 Å². The molecule has 0 spiro atoms. The zero-order chi connectivity index (χ0) is 15.5. The number of amides is 1. The molecule has 116 valence electrons. The molecule has 0 atom stereocenters. The molecular weight excluding hydrogens is 314 g/mol. The van der Waals surface area contributed by atoms with Crippen molar-refractivity contribution in [3.8, 4) is 0 Å². The zero-order valence-electron chi connectivity index (χ0n) is 11.5. The maximum atomic E-state index is 11.8. The van der Waals surface area contributed by atoms with Gasteiger partial charge in [0, 0.05) is 25.2 Å². The van der Waals surface area contributed by atoms with E-state index >= 15 is 0 Å². The molecule has 3 N–H and O–H groups in total. The fraction of sp³-hybridized carbons (Fsp3) is 0.462. The second kappa shape index (κ2) is 6.64. The lowest BCUT2D eigenvalue weighted by atomic mass is 10.2. The van der Waals surface area contributed by atoms with Gasteiger partial charge in [-0.1, -0.05) is 11.6 Å². The van der Waals surface area contributed by atoms with E-state index in [1.807, 2.05) is 0 Å². The molecule has 0 aromatic heterocycles. The highest BCUT2D eigenvalue weighted by atomic mass is 35.5. The normalized spacial score (nSPS) is 17.8. The number of anilines is 2. The highest BCUT2D eigenvalue weighted by molar-refractivity contribution is 7.89. The minimum atomic E-state index is -3.09. The Balaban J connectivity index is 1.80. The van der Waals surface area contributed by atoms with Crippen LogP contribution in [0.5, 0.6) is 0 Å². The van der Waals surface area contributed by atoms with Crippen LogP contribution in [0.4, 0.5) is 11.4 Å². The topological polar surface area (TPSA) is 92.5 Å². The Hall–Kier alpha value is -1.31. The van der Waals surface area contributed by atoms with E-state index in [9.17, 15) is 13.2 Å². The Labute approximate surface area is 129 Å². The van der Waals surface area contributed by atoms with Crippen LogP contribution in [0.3, 0.4) is 0 Å². The van der Waals surface area contributed by atoms with Crippen LogP contribution in [-0.2, 0) is 14.8 Å². The Morgan fingerprint density at radius 3 is 2.81 bits per heavy atom. The van der Waals surface area contributed by atoms with Gasteiger partial charge in [-0.2, -0.15) is 0 Å². The molecule has 1 aromatic carbocycles. The lowest BCUT2D eigenvalue weighted by Gasteiger charge is -2.13. The maximum Gasteiger partial charge on any atom is 0.224 e. The first-order chi connectivity index (χ1) is 9.88. The summed E-state index contributed by atoms with van der Waals surface area (Å²) < 4.78 is 24.6. The lowest BCUT2D eigenvalue weighted by molar-refractivity contribution is -0.116. The number of nitrogen functional groups attached to an aromatic ring is 1. The van der Waals surface area contributed by atoms with Gasteiger partial charge in [0.05, 0.1) is 16.5 Å². The van der Waals surface area contributed by atoms with Gasteiger partial charge in [-0.3, -0.25) is 4.79 Å². The van der Waals surface area contributed by atoms with E-state index in [4.69, 9.17) is 17.3 Å². The average molecular weight is 332 g/mol. The van der Waals surface area contributed by atoms with Crippen LogP contribution in [0.2, 0.25) is 5.02 Å². The number of carbonyl (C=O) groups excluding carboxylic acids is 1. The van der Waals surface area contributed by atoms with Gasteiger partial charge in [-0.25, -0.2) is 12.7 Å². The van der Waals surface area contributed by atoms with Gasteiger partial charge in [-0.15, -0.1) is 0 Å². The molecule has 0 saturated carbocycles. The second-order valence-electron chi connectivity index (χ2n) is 4.96. The van der Waals surface area contributed by atoms with Gasteiger partial charge in [0.2, 0.25) is 15.9 Å². The predicted octanol–water partition coefficient (Wildman–Crippen LogP) is 1.68. The molecule has 1 fully saturated rings. The van der Waals surface area contributed by atoms with Gasteiger partial charge >= 0.3 is 0 Å². The van der Waals surface area contributed by atoms with Crippen LogP contribution in [0.1, 0.15) is 19.3 Å². The van der Waals surface area contributed by atoms with Gasteiger partial charge in [0.1, 0.15) is 0 Å². The number of hydrogen-bond donors (Lipinski definition) is 2. The van der Waals surface area contributed by atoms with Gasteiger partial charge in [-0.05, 0) is 31.0 Å². The summed E-state index contributed by atoms with van der Waals surface area (Å²) in [6, 6.07) is 4.85. The third-order valence-corrected chi connectivity index (χ3v) is 5.55. The highest BCUT2D eigenvalue weighted by Gasteiger charge is 2.27. The molecule has 2 rings (SSSR count). The molecule has 6 nitrogen and oxygen atoms in total. The fourth-order valence-electron chi connectivity index (χ4n) is 2.20. The second-order valence-corrected chi connectivity index (χ2v) is 7.46. The molecule has 0 bridgehead atoms. The Morgan fingerprint density at radius 2 is 2.19 bits per heavy atom. The van der Waals surface area contributed by atoms with Crippen molar-refractivity contribution < 1.29 is 13.2 Å². The van der Waals surface area contributed by atoms with Crippen LogP contribution in [0, 0.1) is 0 Å². The first-order valence-electron chi connectivity index (χ1n) is 6.71. The zero-order valence-corrected chi connectivity index (χ0v) is 13.1. The predicted molar refractivity (Wildman–Crippen MR) is 83.7 cm³/mol. The summed E-state index contributed by atoms with van der Waals surface area (Å²) in [6.45, 7) is 0.930. The van der Waals surface area contributed by atoms with E-state index in [0.29, 0.717) is 42.3 Å². The van der Waals surface area contributed by atoms with E-state index < -0.39 is 10.0 Å². The van der Waals surface area contributed by atoms with Crippen LogP contribution < -0.4 is 11.1 Å². The summed E-state index contributed by atoms with van der Waals surface area (Å²) in [5.74, 6) is 0.0125. The number of carbonyl (C=O) groups is 1. The third kappa shape index (κ3) is 4.33. The monoisotopic (exact) mass is 331 g/mol. The van der Waals surface area contributed by atoms with Crippen molar-refractivity contribution in [2.24, 2.45) is 0 Å². The minimum Gasteiger partial charge on any atom is -0.399 e. The molecule has 21 heavy (non-hydrogen) atoms. The molecule has 8 heteroatoms. The van der Waals surface area contributed by atoms with Crippen LogP contribution in [-0.4, -0.2) is 37.5 Å². The highest BCUT2D eigenvalue weighted by Crippen LogP contribution is 2.24. The molecule has 1 saturated heterocycles. The molecule has 1 aromatic rings. The van der Waals surface area contributed by atoms with Crippen molar-refractivity contribution in [1.29, 1.82) is 0 Å². The SMILES string of the molecule is Nc1ccc(NC(=O)CCCN2CCCS2(=O)=O)c(Cl)c1. The van der Waals surface area contributed by atoms with Crippen molar-refractivity contribution in [1.82, 2.24) is 4.31 Å². The molecule has 1 heterocycles. The molecule has 1 aliphatic heterocycles.